The summed E-state index contributed by atoms with van der Waals surface area (Å²) in [7, 11) is 0. The second-order valence-corrected chi connectivity index (χ2v) is 20.0. The van der Waals surface area contributed by atoms with E-state index < -0.39 is 124 Å². The fourth-order valence-corrected chi connectivity index (χ4v) is 9.28. The second-order valence-electron chi connectivity index (χ2n) is 20.0. The van der Waals surface area contributed by atoms with Crippen LogP contribution in [0.25, 0.3) is 0 Å². The first-order valence-corrected chi connectivity index (χ1v) is 27.7. The van der Waals surface area contributed by atoms with Crippen LogP contribution >= 0.6 is 0 Å². The summed E-state index contributed by atoms with van der Waals surface area (Å²) in [5.74, 6) is -0.294. The molecule has 3 fully saturated rings. The Morgan fingerprint density at radius 1 is 0.479 bits per heavy atom. The fourth-order valence-electron chi connectivity index (χ4n) is 9.28. The van der Waals surface area contributed by atoms with Crippen molar-refractivity contribution in [1.29, 1.82) is 0 Å². The molecular weight excluding hydrogens is 951 g/mol. The fraction of sp³-hybridized carbons (Fsp3) is 0.870. The van der Waals surface area contributed by atoms with Crippen LogP contribution in [0.1, 0.15) is 168 Å². The molecule has 0 aliphatic carbocycles. The summed E-state index contributed by atoms with van der Waals surface area (Å²) in [6.45, 7) is 1.64. The lowest BCUT2D eigenvalue weighted by Gasteiger charge is -2.48. The normalized spacial score (nSPS) is 32.0. The van der Waals surface area contributed by atoms with Gasteiger partial charge in [0, 0.05) is 6.42 Å². The molecule has 17 unspecified atom stereocenters. The summed E-state index contributed by atoms with van der Waals surface area (Å²) in [6.07, 6.45) is 11.5. The van der Waals surface area contributed by atoms with Crippen molar-refractivity contribution in [3.8, 4) is 0 Å². The average Bonchev–Trinajstić information content (AvgIpc) is 3.39. The molecule has 73 heavy (non-hydrogen) atoms. The predicted octanol–water partition coefficient (Wildman–Crippen LogP) is 3.37. The molecule has 1 amide bonds. The third-order valence-corrected chi connectivity index (χ3v) is 13.9. The van der Waals surface area contributed by atoms with Gasteiger partial charge in [0.25, 0.3) is 0 Å². The Morgan fingerprint density at radius 2 is 0.877 bits per heavy atom. The molecule has 17 atom stereocenters. The van der Waals surface area contributed by atoms with E-state index in [-0.39, 0.29) is 18.9 Å². The number of carbonyl (C=O) groups excluding carboxylic acids is 1. The molecule has 426 valence electrons. The first-order chi connectivity index (χ1) is 35.3. The second kappa shape index (κ2) is 38.5. The zero-order valence-corrected chi connectivity index (χ0v) is 43.9. The van der Waals surface area contributed by atoms with Crippen molar-refractivity contribution in [3.63, 3.8) is 0 Å². The summed E-state index contributed by atoms with van der Waals surface area (Å²) in [4.78, 5) is 13.2. The predicted molar refractivity (Wildman–Crippen MR) is 272 cm³/mol. The number of allylic oxidation sites excluding steroid dienone is 5. The van der Waals surface area contributed by atoms with Crippen molar-refractivity contribution in [2.45, 2.75) is 272 Å². The number of aliphatic hydroxyl groups is 11. The number of unbranched alkanes of at least 4 members (excludes halogenated alkanes) is 19. The van der Waals surface area contributed by atoms with Gasteiger partial charge in [-0.3, -0.25) is 4.79 Å². The number of nitrogens with one attached hydrogen (secondary N) is 1. The molecule has 3 heterocycles. The van der Waals surface area contributed by atoms with Gasteiger partial charge in [-0.15, -0.1) is 0 Å². The van der Waals surface area contributed by atoms with Crippen molar-refractivity contribution in [3.05, 3.63) is 36.5 Å². The van der Waals surface area contributed by atoms with Gasteiger partial charge in [0.2, 0.25) is 5.91 Å². The van der Waals surface area contributed by atoms with Gasteiger partial charge in [0.05, 0.1) is 38.6 Å². The van der Waals surface area contributed by atoms with Crippen LogP contribution in [0, 0.1) is 0 Å². The zero-order valence-electron chi connectivity index (χ0n) is 43.9. The van der Waals surface area contributed by atoms with E-state index in [1.54, 1.807) is 6.08 Å². The van der Waals surface area contributed by atoms with Gasteiger partial charge in [0.15, 0.2) is 18.9 Å². The highest BCUT2D eigenvalue weighted by Crippen LogP contribution is 2.33. The highest BCUT2D eigenvalue weighted by atomic mass is 16.8. The first kappa shape index (κ1) is 65.3. The summed E-state index contributed by atoms with van der Waals surface area (Å²) >= 11 is 0. The van der Waals surface area contributed by atoms with E-state index in [2.05, 4.69) is 43.5 Å². The molecular formula is C54H97NO18. The van der Waals surface area contributed by atoms with Crippen LogP contribution in [-0.4, -0.2) is 193 Å². The van der Waals surface area contributed by atoms with Gasteiger partial charge in [0.1, 0.15) is 73.2 Å². The highest BCUT2D eigenvalue weighted by Gasteiger charge is 2.53. The van der Waals surface area contributed by atoms with Crippen LogP contribution in [0.15, 0.2) is 36.5 Å². The third kappa shape index (κ3) is 23.7. The van der Waals surface area contributed by atoms with E-state index in [1.165, 1.54) is 89.9 Å². The molecule has 0 saturated carbocycles. The summed E-state index contributed by atoms with van der Waals surface area (Å²) < 4.78 is 34.1. The van der Waals surface area contributed by atoms with E-state index in [1.807, 2.05) is 6.08 Å². The zero-order chi connectivity index (χ0) is 53.4. The van der Waals surface area contributed by atoms with Crippen LogP contribution in [0.4, 0.5) is 0 Å². The van der Waals surface area contributed by atoms with Crippen molar-refractivity contribution in [2.24, 2.45) is 0 Å². The molecule has 0 aromatic rings. The maximum absolute atomic E-state index is 13.2. The van der Waals surface area contributed by atoms with E-state index in [0.717, 1.165) is 44.9 Å². The number of hydrogen-bond donors (Lipinski definition) is 12. The van der Waals surface area contributed by atoms with Gasteiger partial charge in [-0.25, -0.2) is 0 Å². The molecule has 0 spiro atoms. The largest absolute Gasteiger partial charge is 0.394 e. The van der Waals surface area contributed by atoms with Crippen molar-refractivity contribution in [1.82, 2.24) is 5.32 Å². The van der Waals surface area contributed by atoms with Crippen molar-refractivity contribution in [2.75, 3.05) is 26.4 Å². The monoisotopic (exact) mass is 1050 g/mol. The molecule has 19 heteroatoms. The van der Waals surface area contributed by atoms with Gasteiger partial charge in [-0.1, -0.05) is 153 Å². The van der Waals surface area contributed by atoms with Crippen LogP contribution < -0.4 is 5.32 Å². The number of hydrogen-bond acceptors (Lipinski definition) is 18. The standard InChI is InChI=1S/C54H97NO18/c1-3-5-7-9-11-13-15-16-17-18-19-20-21-22-23-25-27-29-31-38(59)37(55-42(60)32-30-28-26-24-14-12-10-8-6-4-2)36-68-52-48(66)45(63)50(40(34-57)70-52)73-54-49(67)46(64)51(41(35-58)71-54)72-53-47(65)44(62)43(61)39(33-56)69-53/h18-19,22-23,29,31,37-41,43-54,56-59,61-67H,3-17,20-21,24-28,30,32-36H2,1-2H3,(H,55,60)/b19-18+,23-22+,31-29+. The smallest absolute Gasteiger partial charge is 0.220 e. The lowest BCUT2D eigenvalue weighted by atomic mass is 9.96. The molecule has 3 aliphatic heterocycles. The van der Waals surface area contributed by atoms with Crippen LogP contribution in [0.5, 0.6) is 0 Å². The van der Waals surface area contributed by atoms with E-state index in [9.17, 15) is 61.0 Å². The molecule has 12 N–H and O–H groups in total. The van der Waals surface area contributed by atoms with Crippen molar-refractivity contribution < 1.29 is 89.4 Å². The van der Waals surface area contributed by atoms with Crippen molar-refractivity contribution >= 4 is 5.91 Å². The third-order valence-electron chi connectivity index (χ3n) is 13.9. The minimum absolute atomic E-state index is 0.233. The Hall–Kier alpha value is -1.99. The van der Waals surface area contributed by atoms with E-state index in [4.69, 9.17) is 28.4 Å². The Labute approximate surface area is 434 Å². The molecule has 0 radical (unpaired) electrons. The Kier molecular flexibility index (Phi) is 34.5. The van der Waals surface area contributed by atoms with Crippen LogP contribution in [0.3, 0.4) is 0 Å². The minimum Gasteiger partial charge on any atom is -0.394 e. The maximum Gasteiger partial charge on any atom is 0.220 e. The number of amides is 1. The topological polar surface area (TPSA) is 307 Å². The van der Waals surface area contributed by atoms with E-state index in [0.29, 0.717) is 12.8 Å². The van der Waals surface area contributed by atoms with E-state index >= 15 is 0 Å². The number of rotatable bonds is 39. The molecule has 0 aromatic heterocycles. The maximum atomic E-state index is 13.2. The molecule has 3 saturated heterocycles. The van der Waals surface area contributed by atoms with Crippen LogP contribution in [0.2, 0.25) is 0 Å². The lowest BCUT2D eigenvalue weighted by Crippen LogP contribution is -2.66. The Balaban J connectivity index is 1.55. The molecule has 3 aliphatic rings. The average molecular weight is 1050 g/mol. The molecule has 3 rings (SSSR count). The first-order valence-electron chi connectivity index (χ1n) is 27.7. The SMILES string of the molecule is CCCCCCCCCC/C=C/CC/C=C/CC/C=C/C(O)C(COC1OC(CO)C(OC2OC(CO)C(OC3OC(CO)C(O)C(O)C3O)C(O)C2O)C(O)C1O)NC(=O)CCCCCCCCCCCC. The summed E-state index contributed by atoms with van der Waals surface area (Å²) in [5, 5.41) is 120. The Morgan fingerprint density at radius 3 is 1.37 bits per heavy atom. The summed E-state index contributed by atoms with van der Waals surface area (Å²) in [5.41, 5.74) is 0. The number of ether oxygens (including phenoxy) is 6. The number of carbonyl (C=O) groups is 1. The van der Waals surface area contributed by atoms with Gasteiger partial charge in [-0.2, -0.15) is 0 Å². The van der Waals surface area contributed by atoms with Gasteiger partial charge >= 0.3 is 0 Å². The summed E-state index contributed by atoms with van der Waals surface area (Å²) in [6, 6.07) is -0.990. The quantitative estimate of drug-likeness (QED) is 0.0310. The van der Waals surface area contributed by atoms with Crippen LogP contribution in [-0.2, 0) is 33.2 Å². The molecule has 0 bridgehead atoms. The highest BCUT2D eigenvalue weighted by molar-refractivity contribution is 5.76. The van der Waals surface area contributed by atoms with Gasteiger partial charge < -0.3 is 89.9 Å². The molecule has 19 nitrogen and oxygen atoms in total. The number of aliphatic hydroxyl groups excluding tert-OH is 11. The van der Waals surface area contributed by atoms with Gasteiger partial charge in [-0.05, 0) is 44.9 Å². The molecule has 0 aromatic carbocycles. The lowest BCUT2D eigenvalue weighted by molar-refractivity contribution is -0.379. The Bertz CT molecular complexity index is 1490. The minimum atomic E-state index is -1.98.